The highest BCUT2D eigenvalue weighted by Gasteiger charge is 2.17. The molecule has 1 heterocycles. The van der Waals surface area contributed by atoms with Crippen molar-refractivity contribution in [3.8, 4) is 11.3 Å². The summed E-state index contributed by atoms with van der Waals surface area (Å²) >= 11 is 6.28. The first kappa shape index (κ1) is 14.8. The molecule has 1 aromatic carbocycles. The second-order valence-corrected chi connectivity index (χ2v) is 5.42. The van der Waals surface area contributed by atoms with Gasteiger partial charge in [-0.3, -0.25) is 9.48 Å². The van der Waals surface area contributed by atoms with Crippen LogP contribution in [-0.2, 0) is 6.54 Å². The van der Waals surface area contributed by atoms with Crippen LogP contribution in [0.4, 0.5) is 0 Å². The number of carbonyl (C=O) groups is 1. The molecule has 4 heteroatoms. The fourth-order valence-electron chi connectivity index (χ4n) is 2.06. The van der Waals surface area contributed by atoms with Crippen LogP contribution in [-0.4, -0.2) is 16.1 Å². The number of halogens is 1. The molecule has 0 bridgehead atoms. The van der Waals surface area contributed by atoms with E-state index >= 15 is 0 Å². The smallest absolute Gasteiger partial charge is 0.155 e. The molecule has 0 radical (unpaired) electrons. The van der Waals surface area contributed by atoms with Gasteiger partial charge in [-0.15, -0.1) is 0 Å². The highest BCUT2D eigenvalue weighted by Crippen LogP contribution is 2.27. The van der Waals surface area contributed by atoms with Crippen LogP contribution in [0.25, 0.3) is 11.3 Å². The van der Waals surface area contributed by atoms with Gasteiger partial charge in [-0.05, 0) is 12.3 Å². The molecule has 1 unspecified atom stereocenters. The lowest BCUT2D eigenvalue weighted by atomic mass is 10.1. The standard InChI is InChI=1S/C16H19ClN2O/c1-3-12(2)9-10-19-16(17)14(11-20)15(18-19)13-7-5-4-6-8-13/h4-8,11-12H,3,9-10H2,1-2H3. The second-order valence-electron chi connectivity index (χ2n) is 5.06. The Morgan fingerprint density at radius 2 is 2.05 bits per heavy atom. The van der Waals surface area contributed by atoms with Gasteiger partial charge in [0, 0.05) is 12.1 Å². The van der Waals surface area contributed by atoms with E-state index in [1.807, 2.05) is 30.3 Å². The molecule has 0 spiro atoms. The van der Waals surface area contributed by atoms with Gasteiger partial charge in [0.25, 0.3) is 0 Å². The van der Waals surface area contributed by atoms with E-state index in [1.54, 1.807) is 4.68 Å². The first-order valence-corrected chi connectivity index (χ1v) is 7.32. The van der Waals surface area contributed by atoms with Crippen LogP contribution in [0.5, 0.6) is 0 Å². The van der Waals surface area contributed by atoms with Crippen molar-refractivity contribution in [2.24, 2.45) is 5.92 Å². The molecule has 0 aliphatic rings. The lowest BCUT2D eigenvalue weighted by molar-refractivity contribution is 0.112. The van der Waals surface area contributed by atoms with Crippen LogP contribution in [0.2, 0.25) is 5.15 Å². The first-order chi connectivity index (χ1) is 9.67. The number of aromatic nitrogens is 2. The Morgan fingerprint density at radius 3 is 2.65 bits per heavy atom. The van der Waals surface area contributed by atoms with Gasteiger partial charge in [0.05, 0.1) is 5.56 Å². The number of hydrogen-bond donors (Lipinski definition) is 0. The van der Waals surface area contributed by atoms with Crippen molar-refractivity contribution in [1.82, 2.24) is 9.78 Å². The molecular formula is C16H19ClN2O. The summed E-state index contributed by atoms with van der Waals surface area (Å²) in [5.41, 5.74) is 2.05. The molecule has 1 atom stereocenters. The zero-order valence-corrected chi connectivity index (χ0v) is 12.6. The molecule has 0 aliphatic heterocycles. The van der Waals surface area contributed by atoms with Crippen molar-refractivity contribution in [3.05, 3.63) is 41.0 Å². The molecule has 0 saturated heterocycles. The lowest BCUT2D eigenvalue weighted by Gasteiger charge is -2.08. The van der Waals surface area contributed by atoms with E-state index in [4.69, 9.17) is 11.6 Å². The van der Waals surface area contributed by atoms with Crippen LogP contribution >= 0.6 is 11.6 Å². The zero-order valence-electron chi connectivity index (χ0n) is 11.8. The molecule has 0 amide bonds. The minimum absolute atomic E-state index is 0.433. The van der Waals surface area contributed by atoms with E-state index in [-0.39, 0.29) is 0 Å². The van der Waals surface area contributed by atoms with Gasteiger partial charge in [0.2, 0.25) is 0 Å². The third kappa shape index (κ3) is 3.10. The summed E-state index contributed by atoms with van der Waals surface area (Å²) in [6, 6.07) is 9.66. The second kappa shape index (κ2) is 6.71. The number of rotatable bonds is 6. The summed E-state index contributed by atoms with van der Waals surface area (Å²) in [5.74, 6) is 0.620. The molecule has 20 heavy (non-hydrogen) atoms. The highest BCUT2D eigenvalue weighted by molar-refractivity contribution is 6.32. The third-order valence-corrected chi connectivity index (χ3v) is 4.02. The minimum atomic E-state index is 0.433. The average Bonchev–Trinajstić information content (AvgIpc) is 2.81. The normalized spacial score (nSPS) is 12.3. The molecule has 0 N–H and O–H groups in total. The van der Waals surface area contributed by atoms with Crippen LogP contribution in [0.15, 0.2) is 30.3 Å². The van der Waals surface area contributed by atoms with Gasteiger partial charge in [0.1, 0.15) is 10.8 Å². The largest absolute Gasteiger partial charge is 0.298 e. The third-order valence-electron chi connectivity index (χ3n) is 3.62. The van der Waals surface area contributed by atoms with Crippen molar-refractivity contribution in [2.45, 2.75) is 33.2 Å². The van der Waals surface area contributed by atoms with E-state index in [0.717, 1.165) is 31.2 Å². The van der Waals surface area contributed by atoms with E-state index in [0.29, 0.717) is 22.3 Å². The summed E-state index contributed by atoms with van der Waals surface area (Å²) in [7, 11) is 0. The maximum Gasteiger partial charge on any atom is 0.155 e. The molecule has 3 nitrogen and oxygen atoms in total. The predicted molar refractivity (Wildman–Crippen MR) is 82.1 cm³/mol. The summed E-state index contributed by atoms with van der Waals surface area (Å²) < 4.78 is 1.74. The van der Waals surface area contributed by atoms with Gasteiger partial charge in [-0.2, -0.15) is 5.10 Å². The topological polar surface area (TPSA) is 34.9 Å². The zero-order chi connectivity index (χ0) is 14.5. The SMILES string of the molecule is CCC(C)CCn1nc(-c2ccccc2)c(C=O)c1Cl. The van der Waals surface area contributed by atoms with Crippen molar-refractivity contribution in [1.29, 1.82) is 0 Å². The molecular weight excluding hydrogens is 272 g/mol. The number of aldehydes is 1. The van der Waals surface area contributed by atoms with E-state index in [9.17, 15) is 4.79 Å². The number of hydrogen-bond acceptors (Lipinski definition) is 2. The number of aryl methyl sites for hydroxylation is 1. The van der Waals surface area contributed by atoms with Crippen LogP contribution in [0.3, 0.4) is 0 Å². The van der Waals surface area contributed by atoms with Crippen LogP contribution in [0.1, 0.15) is 37.0 Å². The molecule has 2 aromatic rings. The monoisotopic (exact) mass is 290 g/mol. The average molecular weight is 291 g/mol. The lowest BCUT2D eigenvalue weighted by Crippen LogP contribution is -2.05. The van der Waals surface area contributed by atoms with Crippen molar-refractivity contribution in [3.63, 3.8) is 0 Å². The fraction of sp³-hybridized carbons (Fsp3) is 0.375. The Labute approximate surface area is 124 Å². The van der Waals surface area contributed by atoms with Gasteiger partial charge < -0.3 is 0 Å². The summed E-state index contributed by atoms with van der Waals surface area (Å²) in [4.78, 5) is 11.3. The molecule has 0 saturated carbocycles. The fourth-order valence-corrected chi connectivity index (χ4v) is 2.32. The Hall–Kier alpha value is -1.61. The molecule has 106 valence electrons. The van der Waals surface area contributed by atoms with Gasteiger partial charge in [-0.25, -0.2) is 0 Å². The quantitative estimate of drug-likeness (QED) is 0.737. The van der Waals surface area contributed by atoms with Gasteiger partial charge in [-0.1, -0.05) is 62.2 Å². The van der Waals surface area contributed by atoms with E-state index in [1.165, 1.54) is 0 Å². The van der Waals surface area contributed by atoms with E-state index < -0.39 is 0 Å². The summed E-state index contributed by atoms with van der Waals surface area (Å²) in [6.07, 6.45) is 2.92. The Morgan fingerprint density at radius 1 is 1.35 bits per heavy atom. The maximum absolute atomic E-state index is 11.3. The molecule has 0 aliphatic carbocycles. The van der Waals surface area contributed by atoms with Crippen molar-refractivity contribution < 1.29 is 4.79 Å². The summed E-state index contributed by atoms with van der Waals surface area (Å²) in [6.45, 7) is 5.11. The van der Waals surface area contributed by atoms with E-state index in [2.05, 4.69) is 18.9 Å². The maximum atomic E-state index is 11.3. The number of benzene rings is 1. The highest BCUT2D eigenvalue weighted by atomic mass is 35.5. The van der Waals surface area contributed by atoms with Gasteiger partial charge in [0.15, 0.2) is 6.29 Å². The Bertz CT molecular complexity index is 578. The minimum Gasteiger partial charge on any atom is -0.298 e. The van der Waals surface area contributed by atoms with Crippen molar-refractivity contribution in [2.75, 3.05) is 0 Å². The van der Waals surface area contributed by atoms with Crippen molar-refractivity contribution >= 4 is 17.9 Å². The first-order valence-electron chi connectivity index (χ1n) is 6.94. The predicted octanol–water partition coefficient (Wildman–Crippen LogP) is 4.45. The number of nitrogens with zero attached hydrogens (tertiary/aromatic N) is 2. The summed E-state index contributed by atoms with van der Waals surface area (Å²) in [5, 5.41) is 4.94. The number of carbonyl (C=O) groups excluding carboxylic acids is 1. The Kier molecular flexibility index (Phi) is 4.96. The van der Waals surface area contributed by atoms with Gasteiger partial charge >= 0.3 is 0 Å². The molecule has 1 aromatic heterocycles. The van der Waals surface area contributed by atoms with Crippen LogP contribution in [0, 0.1) is 5.92 Å². The molecule has 2 rings (SSSR count). The molecule has 0 fully saturated rings. The van der Waals surface area contributed by atoms with Crippen LogP contribution < -0.4 is 0 Å². The Balaban J connectivity index is 2.32.